The summed E-state index contributed by atoms with van der Waals surface area (Å²) in [6.45, 7) is 2.42. The van der Waals surface area contributed by atoms with Gasteiger partial charge < -0.3 is 5.73 Å². The van der Waals surface area contributed by atoms with Gasteiger partial charge in [-0.25, -0.2) is 4.79 Å². The Labute approximate surface area is 141 Å². The van der Waals surface area contributed by atoms with E-state index in [4.69, 9.17) is 5.73 Å². The van der Waals surface area contributed by atoms with E-state index in [2.05, 4.69) is 4.98 Å². The summed E-state index contributed by atoms with van der Waals surface area (Å²) in [5, 5.41) is 0. The number of aromatic amines is 1. The highest BCUT2D eigenvalue weighted by Crippen LogP contribution is 2.21. The molecule has 24 heavy (non-hydrogen) atoms. The van der Waals surface area contributed by atoms with Crippen molar-refractivity contribution >= 4 is 11.6 Å². The van der Waals surface area contributed by atoms with Gasteiger partial charge in [0.2, 0.25) is 0 Å². The largest absolute Gasteiger partial charge is 0.384 e. The minimum Gasteiger partial charge on any atom is -0.384 e. The minimum atomic E-state index is -0.691. The van der Waals surface area contributed by atoms with E-state index in [1.807, 2.05) is 18.9 Å². The highest BCUT2D eigenvalue weighted by Gasteiger charge is 2.23. The molecule has 3 N–H and O–H groups in total. The summed E-state index contributed by atoms with van der Waals surface area (Å²) in [7, 11) is 1.92. The maximum absolute atomic E-state index is 12.6. The Balaban J connectivity index is 2.21. The van der Waals surface area contributed by atoms with E-state index >= 15 is 0 Å². The van der Waals surface area contributed by atoms with Crippen LogP contribution in [0.4, 0.5) is 5.82 Å². The third kappa shape index (κ3) is 4.14. The molecule has 0 spiro atoms. The molecule has 1 aliphatic carbocycles. The van der Waals surface area contributed by atoms with Crippen LogP contribution in [0.5, 0.6) is 0 Å². The summed E-state index contributed by atoms with van der Waals surface area (Å²) in [5.41, 5.74) is 4.61. The molecular weight excluding hydrogens is 308 g/mol. The number of ketones is 1. The molecule has 0 radical (unpaired) electrons. The SMILES string of the molecule is CCCn1c(N)c(C(=O)CN(C)C2CCCCCC2)c(=O)[nH]c1=O. The Morgan fingerprint density at radius 2 is 1.88 bits per heavy atom. The van der Waals surface area contributed by atoms with Gasteiger partial charge in [-0.3, -0.25) is 24.0 Å². The molecule has 2 rings (SSSR count). The molecule has 134 valence electrons. The number of hydrogen-bond donors (Lipinski definition) is 2. The summed E-state index contributed by atoms with van der Waals surface area (Å²) in [6, 6.07) is 0.360. The number of nitrogen functional groups attached to an aromatic ring is 1. The molecule has 0 bridgehead atoms. The molecule has 1 aromatic rings. The van der Waals surface area contributed by atoms with Gasteiger partial charge in [-0.15, -0.1) is 0 Å². The Kier molecular flexibility index (Phi) is 6.36. The minimum absolute atomic E-state index is 0.0233. The van der Waals surface area contributed by atoms with E-state index in [0.29, 0.717) is 19.0 Å². The van der Waals surface area contributed by atoms with Crippen molar-refractivity contribution in [2.45, 2.75) is 64.5 Å². The van der Waals surface area contributed by atoms with Gasteiger partial charge in [0.05, 0.1) is 6.54 Å². The first-order valence-corrected chi connectivity index (χ1v) is 8.81. The molecule has 1 saturated carbocycles. The Bertz CT molecular complexity index is 684. The van der Waals surface area contributed by atoms with Gasteiger partial charge >= 0.3 is 5.69 Å². The number of carbonyl (C=O) groups excluding carboxylic acids is 1. The second-order valence-corrected chi connectivity index (χ2v) is 6.65. The zero-order chi connectivity index (χ0) is 17.7. The van der Waals surface area contributed by atoms with Crippen molar-refractivity contribution in [1.29, 1.82) is 0 Å². The standard InChI is InChI=1S/C17H28N4O3/c1-3-10-21-15(18)14(16(23)19-17(21)24)13(22)11-20(2)12-8-6-4-5-7-9-12/h12H,3-11,18H2,1-2H3,(H,19,23,24). The van der Waals surface area contributed by atoms with Gasteiger partial charge in [-0.05, 0) is 26.3 Å². The normalized spacial score (nSPS) is 16.3. The molecule has 7 nitrogen and oxygen atoms in total. The van der Waals surface area contributed by atoms with E-state index in [9.17, 15) is 14.4 Å². The predicted octanol–water partition coefficient (Wildman–Crippen LogP) is 1.37. The van der Waals surface area contributed by atoms with Crippen LogP contribution in [0.25, 0.3) is 0 Å². The van der Waals surface area contributed by atoms with E-state index < -0.39 is 11.2 Å². The van der Waals surface area contributed by atoms with Gasteiger partial charge in [0.1, 0.15) is 11.4 Å². The monoisotopic (exact) mass is 336 g/mol. The summed E-state index contributed by atoms with van der Waals surface area (Å²) in [6.07, 6.45) is 7.67. The number of hydrogen-bond acceptors (Lipinski definition) is 5. The molecule has 0 amide bonds. The van der Waals surface area contributed by atoms with E-state index in [-0.39, 0.29) is 23.7 Å². The van der Waals surface area contributed by atoms with Crippen molar-refractivity contribution in [1.82, 2.24) is 14.5 Å². The number of nitrogens with two attached hydrogens (primary N) is 1. The lowest BCUT2D eigenvalue weighted by Gasteiger charge is -2.26. The van der Waals surface area contributed by atoms with Crippen molar-refractivity contribution in [2.24, 2.45) is 0 Å². The average Bonchev–Trinajstić information content (AvgIpc) is 2.80. The topological polar surface area (TPSA) is 101 Å². The maximum atomic E-state index is 12.6. The van der Waals surface area contributed by atoms with Gasteiger partial charge in [0.15, 0.2) is 5.78 Å². The number of H-pyrrole nitrogens is 1. The van der Waals surface area contributed by atoms with Crippen molar-refractivity contribution < 1.29 is 4.79 Å². The van der Waals surface area contributed by atoms with Crippen LogP contribution < -0.4 is 17.0 Å². The third-order valence-electron chi connectivity index (χ3n) is 4.81. The molecule has 1 aromatic heterocycles. The number of anilines is 1. The van der Waals surface area contributed by atoms with Gasteiger partial charge in [-0.1, -0.05) is 32.6 Å². The van der Waals surface area contributed by atoms with Crippen LogP contribution in [-0.4, -0.2) is 39.9 Å². The van der Waals surface area contributed by atoms with Gasteiger partial charge in [0.25, 0.3) is 5.56 Å². The smallest absolute Gasteiger partial charge is 0.329 e. The molecule has 1 fully saturated rings. The number of rotatable bonds is 6. The second kappa shape index (κ2) is 8.28. The van der Waals surface area contributed by atoms with Crippen molar-refractivity contribution in [3.63, 3.8) is 0 Å². The summed E-state index contributed by atoms with van der Waals surface area (Å²) in [4.78, 5) is 40.8. The molecule has 0 aliphatic heterocycles. The average molecular weight is 336 g/mol. The van der Waals surface area contributed by atoms with E-state index in [1.165, 1.54) is 30.3 Å². The van der Waals surface area contributed by atoms with Gasteiger partial charge in [0, 0.05) is 12.6 Å². The summed E-state index contributed by atoms with van der Waals surface area (Å²) >= 11 is 0. The van der Waals surface area contributed by atoms with Crippen LogP contribution in [0.2, 0.25) is 0 Å². The fraction of sp³-hybridized carbons (Fsp3) is 0.706. The lowest BCUT2D eigenvalue weighted by atomic mass is 10.1. The maximum Gasteiger partial charge on any atom is 0.329 e. The van der Waals surface area contributed by atoms with Crippen LogP contribution in [0.3, 0.4) is 0 Å². The Morgan fingerprint density at radius 1 is 1.25 bits per heavy atom. The van der Waals surface area contributed by atoms with Crippen molar-refractivity contribution in [3.8, 4) is 0 Å². The molecule has 7 heteroatoms. The lowest BCUT2D eigenvalue weighted by molar-refractivity contribution is 0.0910. The van der Waals surface area contributed by atoms with Crippen LogP contribution in [0.15, 0.2) is 9.59 Å². The second-order valence-electron chi connectivity index (χ2n) is 6.65. The number of nitrogens with zero attached hydrogens (tertiary/aromatic N) is 2. The molecule has 0 atom stereocenters. The van der Waals surface area contributed by atoms with Crippen LogP contribution in [0, 0.1) is 0 Å². The number of Topliss-reactive ketones (excluding diaryl/α,β-unsaturated/α-hetero) is 1. The van der Waals surface area contributed by atoms with Crippen LogP contribution in [-0.2, 0) is 6.54 Å². The van der Waals surface area contributed by atoms with E-state index in [0.717, 1.165) is 12.8 Å². The molecule has 0 saturated heterocycles. The number of nitrogens with one attached hydrogen (secondary N) is 1. The fourth-order valence-corrected chi connectivity index (χ4v) is 3.44. The quantitative estimate of drug-likeness (QED) is 0.603. The molecule has 1 aliphatic rings. The van der Waals surface area contributed by atoms with Crippen molar-refractivity contribution in [2.75, 3.05) is 19.3 Å². The number of carbonyl (C=O) groups is 1. The Hall–Kier alpha value is -1.89. The van der Waals surface area contributed by atoms with Crippen molar-refractivity contribution in [3.05, 3.63) is 26.4 Å². The first-order valence-electron chi connectivity index (χ1n) is 8.81. The lowest BCUT2D eigenvalue weighted by Crippen LogP contribution is -2.40. The first-order chi connectivity index (χ1) is 11.5. The molecule has 0 aromatic carbocycles. The van der Waals surface area contributed by atoms with E-state index in [1.54, 1.807) is 0 Å². The summed E-state index contributed by atoms with van der Waals surface area (Å²) in [5.74, 6) is -0.352. The van der Waals surface area contributed by atoms with Crippen LogP contribution in [0.1, 0.15) is 62.2 Å². The predicted molar refractivity (Wildman–Crippen MR) is 94.5 cm³/mol. The number of likely N-dealkylation sites (N-methyl/N-ethyl adjacent to an activating group) is 1. The molecule has 0 unspecified atom stereocenters. The highest BCUT2D eigenvalue weighted by atomic mass is 16.2. The van der Waals surface area contributed by atoms with Gasteiger partial charge in [-0.2, -0.15) is 0 Å². The fourth-order valence-electron chi connectivity index (χ4n) is 3.44. The Morgan fingerprint density at radius 3 is 2.46 bits per heavy atom. The summed E-state index contributed by atoms with van der Waals surface area (Å²) < 4.78 is 1.26. The van der Waals surface area contributed by atoms with Crippen LogP contribution >= 0.6 is 0 Å². The zero-order valence-electron chi connectivity index (χ0n) is 14.6. The third-order valence-corrected chi connectivity index (χ3v) is 4.81. The molecule has 1 heterocycles. The zero-order valence-corrected chi connectivity index (χ0v) is 14.6. The number of aromatic nitrogens is 2. The highest BCUT2D eigenvalue weighted by molar-refractivity contribution is 6.01. The molecular formula is C17H28N4O3. The first kappa shape index (κ1) is 18.4.